The van der Waals surface area contributed by atoms with E-state index in [-0.39, 0.29) is 24.6 Å². The summed E-state index contributed by atoms with van der Waals surface area (Å²) in [5.41, 5.74) is 0.269. The van der Waals surface area contributed by atoms with Crippen molar-refractivity contribution in [2.24, 2.45) is 0 Å². The van der Waals surface area contributed by atoms with Gasteiger partial charge in [-0.15, -0.1) is 0 Å². The van der Waals surface area contributed by atoms with Crippen LogP contribution in [0.3, 0.4) is 0 Å². The van der Waals surface area contributed by atoms with E-state index in [2.05, 4.69) is 0 Å². The van der Waals surface area contributed by atoms with Crippen LogP contribution >= 0.6 is 0 Å². The van der Waals surface area contributed by atoms with E-state index in [4.69, 9.17) is 14.2 Å². The summed E-state index contributed by atoms with van der Waals surface area (Å²) < 4.78 is 15.4. The molecule has 0 unspecified atom stereocenters. The van der Waals surface area contributed by atoms with Crippen molar-refractivity contribution in [3.05, 3.63) is 11.6 Å². The van der Waals surface area contributed by atoms with Gasteiger partial charge in [-0.2, -0.15) is 0 Å². The van der Waals surface area contributed by atoms with Crippen LogP contribution in [-0.2, 0) is 23.8 Å². The number of carbonyl (C=O) groups excluding carboxylic acids is 2. The normalized spacial score (nSPS) is 23.5. The van der Waals surface area contributed by atoms with Crippen LogP contribution in [0.1, 0.15) is 27.7 Å². The SMILES string of the molecule is CCOC(=O)/C(C)=C/C(=O)[C@@H]1COC(C)(C)O1. The highest BCUT2D eigenvalue weighted by Crippen LogP contribution is 2.23. The first-order valence-electron chi connectivity index (χ1n) is 5.57. The molecule has 0 radical (unpaired) electrons. The zero-order valence-electron chi connectivity index (χ0n) is 10.6. The molecule has 1 heterocycles. The Balaban J connectivity index is 2.60. The molecule has 0 N–H and O–H groups in total. The molecule has 0 aliphatic carbocycles. The van der Waals surface area contributed by atoms with Crippen molar-refractivity contribution in [3.8, 4) is 0 Å². The van der Waals surface area contributed by atoms with Gasteiger partial charge >= 0.3 is 5.97 Å². The van der Waals surface area contributed by atoms with Gasteiger partial charge < -0.3 is 14.2 Å². The number of hydrogen-bond donors (Lipinski definition) is 0. The molecule has 5 nitrogen and oxygen atoms in total. The predicted octanol–water partition coefficient (Wildman–Crippen LogP) is 1.22. The van der Waals surface area contributed by atoms with Crippen LogP contribution in [0, 0.1) is 0 Å². The molecule has 0 aromatic carbocycles. The Morgan fingerprint density at radius 2 is 2.12 bits per heavy atom. The highest BCUT2D eigenvalue weighted by Gasteiger charge is 2.36. The van der Waals surface area contributed by atoms with Crippen LogP contribution in [0.4, 0.5) is 0 Å². The fourth-order valence-electron chi connectivity index (χ4n) is 1.44. The number of hydrogen-bond acceptors (Lipinski definition) is 5. The summed E-state index contributed by atoms with van der Waals surface area (Å²) in [5, 5.41) is 0. The van der Waals surface area contributed by atoms with Crippen LogP contribution in [0.2, 0.25) is 0 Å². The van der Waals surface area contributed by atoms with Crippen LogP contribution in [-0.4, -0.2) is 36.9 Å². The quantitative estimate of drug-likeness (QED) is 0.548. The van der Waals surface area contributed by atoms with E-state index in [1.54, 1.807) is 20.8 Å². The van der Waals surface area contributed by atoms with Gasteiger partial charge in [0.15, 0.2) is 11.6 Å². The molecular weight excluding hydrogens is 224 g/mol. The lowest BCUT2D eigenvalue weighted by Crippen LogP contribution is -2.26. The zero-order valence-corrected chi connectivity index (χ0v) is 10.6. The number of carbonyl (C=O) groups is 2. The molecular formula is C12H18O5. The van der Waals surface area contributed by atoms with Crippen molar-refractivity contribution >= 4 is 11.8 Å². The molecule has 0 aromatic rings. The van der Waals surface area contributed by atoms with Crippen molar-refractivity contribution < 1.29 is 23.8 Å². The maximum absolute atomic E-state index is 11.8. The molecule has 17 heavy (non-hydrogen) atoms. The molecule has 0 saturated carbocycles. The van der Waals surface area contributed by atoms with Gasteiger partial charge in [0.05, 0.1) is 13.2 Å². The Labute approximate surface area is 101 Å². The molecule has 1 saturated heterocycles. The summed E-state index contributed by atoms with van der Waals surface area (Å²) in [6, 6.07) is 0. The number of rotatable bonds is 4. The molecule has 0 aromatic heterocycles. The van der Waals surface area contributed by atoms with Gasteiger partial charge in [0.1, 0.15) is 6.10 Å². The Morgan fingerprint density at radius 1 is 1.47 bits per heavy atom. The maximum atomic E-state index is 11.8. The Bertz CT molecular complexity index is 343. The van der Waals surface area contributed by atoms with Crippen LogP contribution in [0.15, 0.2) is 11.6 Å². The topological polar surface area (TPSA) is 61.8 Å². The van der Waals surface area contributed by atoms with Gasteiger partial charge in [-0.1, -0.05) is 0 Å². The number of ketones is 1. The average molecular weight is 242 g/mol. The first-order valence-corrected chi connectivity index (χ1v) is 5.57. The lowest BCUT2D eigenvalue weighted by atomic mass is 10.1. The second-order valence-corrected chi connectivity index (χ2v) is 4.27. The fraction of sp³-hybridized carbons (Fsp3) is 0.667. The van der Waals surface area contributed by atoms with E-state index in [0.717, 1.165) is 0 Å². The van der Waals surface area contributed by atoms with E-state index in [1.807, 2.05) is 0 Å². The Hall–Kier alpha value is -1.20. The third-order valence-electron chi connectivity index (χ3n) is 2.28. The molecule has 1 rings (SSSR count). The predicted molar refractivity (Wildman–Crippen MR) is 60.3 cm³/mol. The maximum Gasteiger partial charge on any atom is 0.333 e. The average Bonchev–Trinajstić information content (AvgIpc) is 2.59. The molecule has 1 aliphatic heterocycles. The Kier molecular flexibility index (Phi) is 4.42. The van der Waals surface area contributed by atoms with Gasteiger partial charge in [0, 0.05) is 5.57 Å². The van der Waals surface area contributed by atoms with Gasteiger partial charge in [0.25, 0.3) is 0 Å². The minimum Gasteiger partial charge on any atom is -0.463 e. The third kappa shape index (κ3) is 3.94. The van der Waals surface area contributed by atoms with Crippen molar-refractivity contribution in [1.29, 1.82) is 0 Å². The lowest BCUT2D eigenvalue weighted by Gasteiger charge is -2.15. The summed E-state index contributed by atoms with van der Waals surface area (Å²) in [6.07, 6.45) is 0.599. The summed E-state index contributed by atoms with van der Waals surface area (Å²) in [7, 11) is 0. The van der Waals surface area contributed by atoms with E-state index in [9.17, 15) is 9.59 Å². The van der Waals surface area contributed by atoms with Crippen molar-refractivity contribution in [2.75, 3.05) is 13.2 Å². The van der Waals surface area contributed by atoms with Crippen LogP contribution in [0.5, 0.6) is 0 Å². The Morgan fingerprint density at radius 3 is 2.59 bits per heavy atom. The highest BCUT2D eigenvalue weighted by molar-refractivity contribution is 6.01. The van der Waals surface area contributed by atoms with Gasteiger partial charge in [-0.3, -0.25) is 4.79 Å². The smallest absolute Gasteiger partial charge is 0.333 e. The standard InChI is InChI=1S/C12H18O5/c1-5-15-11(14)8(2)6-9(13)10-7-16-12(3,4)17-10/h6,10H,5,7H2,1-4H3/b8-6+/t10-/m0/s1. The first-order chi connectivity index (χ1) is 7.85. The molecule has 1 fully saturated rings. The molecule has 1 atom stereocenters. The fourth-order valence-corrected chi connectivity index (χ4v) is 1.44. The highest BCUT2D eigenvalue weighted by atomic mass is 16.7. The van der Waals surface area contributed by atoms with Gasteiger partial charge in [-0.05, 0) is 33.8 Å². The van der Waals surface area contributed by atoms with Gasteiger partial charge in [-0.25, -0.2) is 4.79 Å². The zero-order chi connectivity index (χ0) is 13.1. The lowest BCUT2D eigenvalue weighted by molar-refractivity contribution is -0.149. The van der Waals surface area contributed by atoms with E-state index >= 15 is 0 Å². The molecule has 0 amide bonds. The van der Waals surface area contributed by atoms with Crippen molar-refractivity contribution in [1.82, 2.24) is 0 Å². The molecule has 0 bridgehead atoms. The summed E-state index contributed by atoms with van der Waals surface area (Å²) in [4.78, 5) is 23.1. The molecule has 1 aliphatic rings. The van der Waals surface area contributed by atoms with Crippen LogP contribution < -0.4 is 0 Å². The van der Waals surface area contributed by atoms with E-state index < -0.39 is 17.9 Å². The second-order valence-electron chi connectivity index (χ2n) is 4.27. The van der Waals surface area contributed by atoms with E-state index in [0.29, 0.717) is 0 Å². The van der Waals surface area contributed by atoms with Crippen molar-refractivity contribution in [2.45, 2.75) is 39.6 Å². The van der Waals surface area contributed by atoms with E-state index in [1.165, 1.54) is 13.0 Å². The monoisotopic (exact) mass is 242 g/mol. The van der Waals surface area contributed by atoms with Crippen molar-refractivity contribution in [3.63, 3.8) is 0 Å². The minimum absolute atomic E-state index is 0.207. The summed E-state index contributed by atoms with van der Waals surface area (Å²) in [6.45, 7) is 7.22. The second kappa shape index (κ2) is 5.42. The minimum atomic E-state index is -0.744. The molecule has 96 valence electrons. The first kappa shape index (κ1) is 13.9. The molecule has 0 spiro atoms. The molecule has 5 heteroatoms. The third-order valence-corrected chi connectivity index (χ3v) is 2.28. The number of ether oxygens (including phenoxy) is 3. The summed E-state index contributed by atoms with van der Waals surface area (Å²) >= 11 is 0. The number of esters is 1. The largest absolute Gasteiger partial charge is 0.463 e. The van der Waals surface area contributed by atoms with Gasteiger partial charge in [0.2, 0.25) is 0 Å². The summed E-state index contributed by atoms with van der Waals surface area (Å²) in [5.74, 6) is -1.51. The van der Waals surface area contributed by atoms with Crippen LogP contribution in [0.25, 0.3) is 0 Å².